The number of aliphatic hydroxyl groups is 1. The lowest BCUT2D eigenvalue weighted by molar-refractivity contribution is 0.0914. The second-order valence-corrected chi connectivity index (χ2v) is 7.30. The van der Waals surface area contributed by atoms with Crippen molar-refractivity contribution >= 4 is 23.2 Å². The Bertz CT molecular complexity index is 938. The Labute approximate surface area is 173 Å². The summed E-state index contributed by atoms with van der Waals surface area (Å²) in [4.78, 5) is 24.9. The summed E-state index contributed by atoms with van der Waals surface area (Å²) in [6.07, 6.45) is -0.809. The van der Waals surface area contributed by atoms with Gasteiger partial charge in [-0.1, -0.05) is 30.3 Å². The van der Waals surface area contributed by atoms with Crippen LogP contribution in [0.25, 0.3) is 0 Å². The predicted octanol–water partition coefficient (Wildman–Crippen LogP) is 3.15. The van der Waals surface area contributed by atoms with Gasteiger partial charge < -0.3 is 20.5 Å². The van der Waals surface area contributed by atoms with E-state index in [4.69, 9.17) is 4.74 Å². The number of carbonyl (C=O) groups excluding carboxylic acids is 2. The van der Waals surface area contributed by atoms with Gasteiger partial charge in [-0.3, -0.25) is 9.59 Å². The minimum atomic E-state index is -0.809. The molecular formula is C22H22N2O4S. The molecule has 1 atom stereocenters. The number of rotatable bonds is 8. The van der Waals surface area contributed by atoms with E-state index in [1.807, 2.05) is 11.4 Å². The minimum Gasteiger partial charge on any atom is -0.497 e. The van der Waals surface area contributed by atoms with Crippen molar-refractivity contribution in [2.45, 2.75) is 12.6 Å². The Morgan fingerprint density at radius 2 is 1.72 bits per heavy atom. The van der Waals surface area contributed by atoms with E-state index >= 15 is 0 Å². The van der Waals surface area contributed by atoms with E-state index < -0.39 is 6.10 Å². The molecule has 1 unspecified atom stereocenters. The van der Waals surface area contributed by atoms with E-state index in [9.17, 15) is 14.7 Å². The molecule has 0 aliphatic heterocycles. The highest BCUT2D eigenvalue weighted by Crippen LogP contribution is 2.17. The largest absolute Gasteiger partial charge is 0.497 e. The normalized spacial score (nSPS) is 11.5. The Balaban J connectivity index is 1.48. The first-order valence-electron chi connectivity index (χ1n) is 9.07. The second kappa shape index (κ2) is 9.86. The van der Waals surface area contributed by atoms with Crippen LogP contribution in [0.3, 0.4) is 0 Å². The minimum absolute atomic E-state index is 0.101. The molecule has 0 spiro atoms. The van der Waals surface area contributed by atoms with Gasteiger partial charge in [-0.25, -0.2) is 0 Å². The van der Waals surface area contributed by atoms with Crippen LogP contribution in [-0.4, -0.2) is 30.6 Å². The van der Waals surface area contributed by atoms with Crippen LogP contribution in [0.2, 0.25) is 0 Å². The van der Waals surface area contributed by atoms with Gasteiger partial charge in [0, 0.05) is 18.7 Å². The van der Waals surface area contributed by atoms with E-state index in [2.05, 4.69) is 10.6 Å². The average molecular weight is 410 g/mol. The lowest BCUT2D eigenvalue weighted by Crippen LogP contribution is -2.28. The molecule has 0 aliphatic carbocycles. The van der Waals surface area contributed by atoms with Crippen LogP contribution in [0.1, 0.15) is 37.3 Å². The molecule has 0 aliphatic rings. The standard InChI is InChI=1S/C22H22N2O4S/c1-28-18-10-8-16(9-11-18)19(25)14-24-21(26)17-6-4-15(5-7-17)13-23-22(27)20-3-2-12-29-20/h2-12,19,25H,13-14H2,1H3,(H,23,27)(H,24,26). The fourth-order valence-corrected chi connectivity index (χ4v) is 3.33. The number of hydrogen-bond acceptors (Lipinski definition) is 5. The third-order valence-electron chi connectivity index (χ3n) is 4.37. The van der Waals surface area contributed by atoms with Gasteiger partial charge in [0.05, 0.1) is 18.1 Å². The molecule has 0 fully saturated rings. The summed E-state index contributed by atoms with van der Waals surface area (Å²) in [6.45, 7) is 0.485. The van der Waals surface area contributed by atoms with Crippen molar-refractivity contribution in [2.75, 3.05) is 13.7 Å². The van der Waals surface area contributed by atoms with Gasteiger partial charge in [-0.15, -0.1) is 11.3 Å². The van der Waals surface area contributed by atoms with Crippen LogP contribution < -0.4 is 15.4 Å². The molecule has 2 amide bonds. The van der Waals surface area contributed by atoms with Gasteiger partial charge in [0.1, 0.15) is 5.75 Å². The summed E-state index contributed by atoms with van der Waals surface area (Å²) in [6, 6.07) is 17.6. The topological polar surface area (TPSA) is 87.7 Å². The second-order valence-electron chi connectivity index (χ2n) is 6.36. The lowest BCUT2D eigenvalue weighted by Gasteiger charge is -2.13. The molecule has 2 aromatic carbocycles. The van der Waals surface area contributed by atoms with Crippen LogP contribution in [0.15, 0.2) is 66.0 Å². The average Bonchev–Trinajstić information content (AvgIpc) is 3.31. The molecule has 1 heterocycles. The van der Waals surface area contributed by atoms with Gasteiger partial charge in [-0.2, -0.15) is 0 Å². The van der Waals surface area contributed by atoms with Gasteiger partial charge >= 0.3 is 0 Å². The number of hydrogen-bond donors (Lipinski definition) is 3. The number of thiophene rings is 1. The van der Waals surface area contributed by atoms with E-state index in [-0.39, 0.29) is 18.4 Å². The zero-order valence-electron chi connectivity index (χ0n) is 15.9. The maximum Gasteiger partial charge on any atom is 0.261 e. The van der Waals surface area contributed by atoms with Crippen molar-refractivity contribution in [1.29, 1.82) is 0 Å². The maximum atomic E-state index is 12.3. The third kappa shape index (κ3) is 5.66. The van der Waals surface area contributed by atoms with Crippen molar-refractivity contribution in [3.05, 3.63) is 87.6 Å². The zero-order valence-corrected chi connectivity index (χ0v) is 16.7. The highest BCUT2D eigenvalue weighted by molar-refractivity contribution is 7.12. The molecule has 7 heteroatoms. The van der Waals surface area contributed by atoms with Crippen LogP contribution in [0.4, 0.5) is 0 Å². The van der Waals surface area contributed by atoms with Crippen LogP contribution in [-0.2, 0) is 6.54 Å². The lowest BCUT2D eigenvalue weighted by atomic mass is 10.1. The molecule has 6 nitrogen and oxygen atoms in total. The third-order valence-corrected chi connectivity index (χ3v) is 5.24. The predicted molar refractivity (Wildman–Crippen MR) is 112 cm³/mol. The van der Waals surface area contributed by atoms with Crippen molar-refractivity contribution in [2.24, 2.45) is 0 Å². The van der Waals surface area contributed by atoms with E-state index in [0.29, 0.717) is 28.3 Å². The number of carbonyl (C=O) groups is 2. The van der Waals surface area contributed by atoms with E-state index in [0.717, 1.165) is 5.56 Å². The van der Waals surface area contributed by atoms with Crippen LogP contribution in [0, 0.1) is 0 Å². The zero-order chi connectivity index (χ0) is 20.6. The number of methoxy groups -OCH3 is 1. The van der Waals surface area contributed by atoms with Crippen molar-refractivity contribution < 1.29 is 19.4 Å². The Morgan fingerprint density at radius 3 is 2.34 bits per heavy atom. The van der Waals surface area contributed by atoms with Gasteiger partial charge in [0.15, 0.2) is 0 Å². The molecule has 0 bridgehead atoms. The molecule has 3 rings (SSSR count). The summed E-state index contributed by atoms with van der Waals surface area (Å²) in [7, 11) is 1.58. The number of aliphatic hydroxyl groups excluding tert-OH is 1. The smallest absolute Gasteiger partial charge is 0.261 e. The first-order valence-corrected chi connectivity index (χ1v) is 9.95. The quantitative estimate of drug-likeness (QED) is 0.532. The Hall–Kier alpha value is -3.16. The molecule has 0 radical (unpaired) electrons. The SMILES string of the molecule is COc1ccc(C(O)CNC(=O)c2ccc(CNC(=O)c3cccs3)cc2)cc1. The van der Waals surface area contributed by atoms with Crippen molar-refractivity contribution in [3.8, 4) is 5.75 Å². The van der Waals surface area contributed by atoms with Gasteiger partial charge in [-0.05, 0) is 46.8 Å². The van der Waals surface area contributed by atoms with Crippen LogP contribution in [0.5, 0.6) is 5.75 Å². The first-order chi connectivity index (χ1) is 14.1. The van der Waals surface area contributed by atoms with Crippen LogP contribution >= 0.6 is 11.3 Å². The van der Waals surface area contributed by atoms with Crippen molar-refractivity contribution in [3.63, 3.8) is 0 Å². The number of ether oxygens (including phenoxy) is 1. The highest BCUT2D eigenvalue weighted by atomic mass is 32.1. The van der Waals surface area contributed by atoms with E-state index in [1.165, 1.54) is 11.3 Å². The summed E-state index contributed by atoms with van der Waals surface area (Å²) in [5.74, 6) is 0.317. The van der Waals surface area contributed by atoms with E-state index in [1.54, 1.807) is 61.7 Å². The Kier molecular flexibility index (Phi) is 6.99. The number of nitrogens with one attached hydrogen (secondary N) is 2. The summed E-state index contributed by atoms with van der Waals surface area (Å²) in [5.41, 5.74) is 2.08. The molecule has 150 valence electrons. The number of amides is 2. The van der Waals surface area contributed by atoms with Gasteiger partial charge in [0.25, 0.3) is 11.8 Å². The fraction of sp³-hybridized carbons (Fsp3) is 0.182. The fourth-order valence-electron chi connectivity index (χ4n) is 2.69. The monoisotopic (exact) mass is 410 g/mol. The number of benzene rings is 2. The Morgan fingerprint density at radius 1 is 1.00 bits per heavy atom. The maximum absolute atomic E-state index is 12.3. The molecular weight excluding hydrogens is 388 g/mol. The summed E-state index contributed by atoms with van der Waals surface area (Å²) >= 11 is 1.39. The first kappa shape index (κ1) is 20.6. The molecule has 3 aromatic rings. The molecule has 0 saturated carbocycles. The molecule has 0 saturated heterocycles. The molecule has 1 aromatic heterocycles. The van der Waals surface area contributed by atoms with Crippen molar-refractivity contribution in [1.82, 2.24) is 10.6 Å². The van der Waals surface area contributed by atoms with Gasteiger partial charge in [0.2, 0.25) is 0 Å². The summed E-state index contributed by atoms with van der Waals surface area (Å²) in [5, 5.41) is 17.7. The molecule has 29 heavy (non-hydrogen) atoms. The molecule has 3 N–H and O–H groups in total. The highest BCUT2D eigenvalue weighted by Gasteiger charge is 2.11. The summed E-state index contributed by atoms with van der Waals surface area (Å²) < 4.78 is 5.09.